The third-order valence-electron chi connectivity index (χ3n) is 2.73. The van der Waals surface area contributed by atoms with Gasteiger partial charge in [0.25, 0.3) is 0 Å². The molecule has 0 aliphatic heterocycles. The highest BCUT2D eigenvalue weighted by Crippen LogP contribution is 2.12. The highest BCUT2D eigenvalue weighted by molar-refractivity contribution is 6.28. The summed E-state index contributed by atoms with van der Waals surface area (Å²) in [7, 11) is 0. The number of nitrogens with zero attached hydrogens (tertiary/aromatic N) is 7. The lowest BCUT2D eigenvalue weighted by atomic mass is 10.3. The van der Waals surface area contributed by atoms with Crippen LogP contribution in [-0.4, -0.2) is 34.1 Å². The molecule has 0 atom stereocenters. The van der Waals surface area contributed by atoms with Crippen molar-refractivity contribution in [3.8, 4) is 11.9 Å². The summed E-state index contributed by atoms with van der Waals surface area (Å²) in [4.78, 5) is 20.9. The zero-order valence-corrected chi connectivity index (χ0v) is 11.6. The zero-order valence-electron chi connectivity index (χ0n) is 10.8. The molecule has 0 saturated heterocycles. The van der Waals surface area contributed by atoms with E-state index in [4.69, 9.17) is 11.6 Å². The number of hydrogen-bond acceptors (Lipinski definition) is 5. The molecule has 7 nitrogen and oxygen atoms in total. The van der Waals surface area contributed by atoms with Gasteiger partial charge in [-0.15, -0.1) is 0 Å². The molecule has 0 N–H and O–H groups in total. The number of rotatable bonds is 4. The largest absolute Gasteiger partial charge is 0.274 e. The van der Waals surface area contributed by atoms with Gasteiger partial charge in [-0.3, -0.25) is 9.13 Å². The number of imidazole rings is 2. The third kappa shape index (κ3) is 2.39. The lowest BCUT2D eigenvalue weighted by Gasteiger charge is -2.07. The smallest absolute Gasteiger partial charge is 0.241 e. The summed E-state index contributed by atoms with van der Waals surface area (Å²) in [6.07, 6.45) is 10.4. The van der Waals surface area contributed by atoms with Crippen LogP contribution < -0.4 is 0 Å². The van der Waals surface area contributed by atoms with Crippen LogP contribution in [0.2, 0.25) is 5.28 Å². The fourth-order valence-electron chi connectivity index (χ4n) is 1.86. The van der Waals surface area contributed by atoms with Crippen LogP contribution in [0, 0.1) is 0 Å². The molecule has 0 unspecified atom stereocenters. The van der Waals surface area contributed by atoms with Crippen LogP contribution in [-0.2, 0) is 6.42 Å². The molecular formula is C12H12ClN7. The molecule has 0 aromatic carbocycles. The molecule has 0 aliphatic carbocycles. The normalized spacial score (nSPS) is 10.9. The van der Waals surface area contributed by atoms with E-state index >= 15 is 0 Å². The van der Waals surface area contributed by atoms with E-state index in [0.717, 1.165) is 18.7 Å². The van der Waals surface area contributed by atoms with E-state index in [2.05, 4.69) is 31.8 Å². The van der Waals surface area contributed by atoms with Crippen molar-refractivity contribution in [3.63, 3.8) is 0 Å². The van der Waals surface area contributed by atoms with Crippen molar-refractivity contribution in [2.24, 2.45) is 0 Å². The van der Waals surface area contributed by atoms with Gasteiger partial charge in [0, 0.05) is 31.2 Å². The van der Waals surface area contributed by atoms with Crippen molar-refractivity contribution in [3.05, 3.63) is 42.2 Å². The Hall–Kier alpha value is -2.28. The van der Waals surface area contributed by atoms with Gasteiger partial charge in [-0.25, -0.2) is 9.97 Å². The lowest BCUT2D eigenvalue weighted by Crippen LogP contribution is -2.09. The van der Waals surface area contributed by atoms with Crippen molar-refractivity contribution in [2.45, 2.75) is 19.8 Å². The van der Waals surface area contributed by atoms with Gasteiger partial charge < -0.3 is 0 Å². The lowest BCUT2D eigenvalue weighted by molar-refractivity contribution is 0.765. The van der Waals surface area contributed by atoms with Crippen LogP contribution in [0.4, 0.5) is 0 Å². The molecule has 8 heteroatoms. The Labute approximate surface area is 120 Å². The van der Waals surface area contributed by atoms with E-state index in [-0.39, 0.29) is 5.28 Å². The molecule has 0 saturated carbocycles. The van der Waals surface area contributed by atoms with Gasteiger partial charge in [0.15, 0.2) is 0 Å². The highest BCUT2D eigenvalue weighted by Gasteiger charge is 2.11. The van der Waals surface area contributed by atoms with Crippen LogP contribution in [0.3, 0.4) is 0 Å². The molecule has 0 amide bonds. The van der Waals surface area contributed by atoms with Crippen LogP contribution in [0.25, 0.3) is 11.9 Å². The summed E-state index contributed by atoms with van der Waals surface area (Å²) in [5.74, 6) is 1.77. The summed E-state index contributed by atoms with van der Waals surface area (Å²) in [5, 5.41) is 0.134. The van der Waals surface area contributed by atoms with Crippen LogP contribution >= 0.6 is 11.6 Å². The Morgan fingerprint density at radius 2 is 1.95 bits per heavy atom. The Morgan fingerprint density at radius 3 is 2.70 bits per heavy atom. The average molecular weight is 290 g/mol. The second-order valence-corrected chi connectivity index (χ2v) is 4.48. The van der Waals surface area contributed by atoms with Gasteiger partial charge in [-0.05, 0) is 18.0 Å². The molecule has 3 aromatic heterocycles. The van der Waals surface area contributed by atoms with Gasteiger partial charge in [0.1, 0.15) is 12.2 Å². The minimum Gasteiger partial charge on any atom is -0.274 e. The molecule has 3 aromatic rings. The molecule has 0 aliphatic rings. The maximum absolute atomic E-state index is 5.98. The Kier molecular flexibility index (Phi) is 3.42. The number of hydrogen-bond donors (Lipinski definition) is 0. The first-order chi connectivity index (χ1) is 9.78. The van der Waals surface area contributed by atoms with Gasteiger partial charge in [0.05, 0.1) is 0 Å². The Morgan fingerprint density at radius 1 is 1.10 bits per heavy atom. The summed E-state index contributed by atoms with van der Waals surface area (Å²) < 4.78 is 3.49. The van der Waals surface area contributed by atoms with E-state index in [9.17, 15) is 0 Å². The van der Waals surface area contributed by atoms with E-state index in [1.54, 1.807) is 29.5 Å². The molecule has 3 heterocycles. The van der Waals surface area contributed by atoms with E-state index in [1.807, 2.05) is 10.8 Å². The summed E-state index contributed by atoms with van der Waals surface area (Å²) in [6, 6.07) is 0. The highest BCUT2D eigenvalue weighted by atomic mass is 35.5. The second kappa shape index (κ2) is 5.38. The van der Waals surface area contributed by atoms with Gasteiger partial charge in [0.2, 0.25) is 17.2 Å². The standard InChI is InChI=1S/C12H12ClN7/c1-2-3-9-15-5-7-20(9)12-17-10(13)16-11(18-12)19-6-4-14-8-19/h4-8H,2-3H2,1H3. The number of aromatic nitrogens is 7. The monoisotopic (exact) mass is 289 g/mol. The Balaban J connectivity index is 2.08. The minimum atomic E-state index is 0.134. The maximum Gasteiger partial charge on any atom is 0.241 e. The molecule has 102 valence electrons. The predicted octanol–water partition coefficient (Wildman–Crippen LogP) is 1.85. The molecule has 0 spiro atoms. The first-order valence-electron chi connectivity index (χ1n) is 6.20. The maximum atomic E-state index is 5.98. The predicted molar refractivity (Wildman–Crippen MR) is 73.1 cm³/mol. The van der Waals surface area contributed by atoms with Crippen molar-refractivity contribution >= 4 is 11.6 Å². The average Bonchev–Trinajstić information content (AvgIpc) is 3.09. The minimum absolute atomic E-state index is 0.134. The first kappa shape index (κ1) is 12.7. The van der Waals surface area contributed by atoms with Gasteiger partial charge in [-0.2, -0.15) is 15.0 Å². The van der Waals surface area contributed by atoms with Crippen molar-refractivity contribution < 1.29 is 0 Å². The molecule has 3 rings (SSSR count). The first-order valence-corrected chi connectivity index (χ1v) is 6.58. The topological polar surface area (TPSA) is 74.3 Å². The third-order valence-corrected chi connectivity index (χ3v) is 2.90. The molecule has 0 fully saturated rings. The van der Waals surface area contributed by atoms with Gasteiger partial charge in [-0.1, -0.05) is 6.92 Å². The van der Waals surface area contributed by atoms with E-state index in [1.165, 1.54) is 0 Å². The van der Waals surface area contributed by atoms with Crippen LogP contribution in [0.5, 0.6) is 0 Å². The zero-order chi connectivity index (χ0) is 13.9. The SMILES string of the molecule is CCCc1nccn1-c1nc(Cl)nc(-n2ccnc2)n1. The second-order valence-electron chi connectivity index (χ2n) is 4.14. The van der Waals surface area contributed by atoms with Crippen molar-refractivity contribution in [1.82, 2.24) is 34.1 Å². The van der Waals surface area contributed by atoms with Gasteiger partial charge >= 0.3 is 0 Å². The summed E-state index contributed by atoms with van der Waals surface area (Å²) in [5.41, 5.74) is 0. The van der Waals surface area contributed by atoms with Crippen LogP contribution in [0.1, 0.15) is 19.2 Å². The van der Waals surface area contributed by atoms with E-state index < -0.39 is 0 Å². The fourth-order valence-corrected chi connectivity index (χ4v) is 2.01. The van der Waals surface area contributed by atoms with E-state index in [0.29, 0.717) is 11.9 Å². The number of halogens is 1. The summed E-state index contributed by atoms with van der Waals surface area (Å²) >= 11 is 5.98. The van der Waals surface area contributed by atoms with Crippen molar-refractivity contribution in [1.29, 1.82) is 0 Å². The number of aryl methyl sites for hydroxylation is 1. The van der Waals surface area contributed by atoms with Crippen LogP contribution in [0.15, 0.2) is 31.1 Å². The molecular weight excluding hydrogens is 278 g/mol. The Bertz CT molecular complexity index is 704. The quantitative estimate of drug-likeness (QED) is 0.733. The molecule has 20 heavy (non-hydrogen) atoms. The molecule has 0 radical (unpaired) electrons. The summed E-state index contributed by atoms with van der Waals surface area (Å²) in [6.45, 7) is 2.09. The fraction of sp³-hybridized carbons (Fsp3) is 0.250. The van der Waals surface area contributed by atoms with Crippen molar-refractivity contribution in [2.75, 3.05) is 0 Å². The molecule has 0 bridgehead atoms.